The van der Waals surface area contributed by atoms with Gasteiger partial charge in [0.05, 0.1) is 6.10 Å². The average molecular weight is 255 g/mol. The smallest absolute Gasteiger partial charge is 0.400 e. The number of nitrogens with one attached hydrogen (secondary N) is 1. The number of nitrogens with two attached hydrogens (primary N) is 1. The highest BCUT2D eigenvalue weighted by molar-refractivity contribution is 5.83. The Morgan fingerprint density at radius 1 is 1.41 bits per heavy atom. The minimum Gasteiger partial charge on any atom is -0.409 e. The quantitative estimate of drug-likeness (QED) is 0.237. The fraction of sp³-hybridized carbons (Fsp3) is 0.889. The summed E-state index contributed by atoms with van der Waals surface area (Å²) in [6, 6.07) is 0. The molecule has 0 amide bonds. The highest BCUT2D eigenvalue weighted by Crippen LogP contribution is 2.32. The zero-order valence-corrected chi connectivity index (χ0v) is 9.11. The Morgan fingerprint density at radius 3 is 2.41 bits per heavy atom. The number of aliphatic hydroxyl groups is 1. The molecule has 0 heterocycles. The van der Waals surface area contributed by atoms with E-state index in [1.54, 1.807) is 0 Å². The van der Waals surface area contributed by atoms with Crippen LogP contribution in [0.25, 0.3) is 0 Å². The molecule has 0 radical (unpaired) electrons. The molecule has 100 valence electrons. The van der Waals surface area contributed by atoms with Gasteiger partial charge in [0.15, 0.2) is 5.84 Å². The van der Waals surface area contributed by atoms with Crippen LogP contribution >= 0.6 is 0 Å². The van der Waals surface area contributed by atoms with E-state index in [0.29, 0.717) is 0 Å². The molecule has 1 aliphatic rings. The predicted octanol–water partition coefficient (Wildman–Crippen LogP) is 0.272. The lowest BCUT2D eigenvalue weighted by Crippen LogP contribution is -2.44. The molecular formula is C9H16F3N3O2. The van der Waals surface area contributed by atoms with E-state index < -0.39 is 30.6 Å². The van der Waals surface area contributed by atoms with Crippen molar-refractivity contribution in [2.24, 2.45) is 22.7 Å². The van der Waals surface area contributed by atoms with E-state index in [1.807, 2.05) is 0 Å². The van der Waals surface area contributed by atoms with Crippen molar-refractivity contribution in [1.82, 2.24) is 5.32 Å². The molecule has 0 aromatic heterocycles. The lowest BCUT2D eigenvalue weighted by Gasteiger charge is -2.20. The van der Waals surface area contributed by atoms with Crippen LogP contribution in [0.2, 0.25) is 0 Å². The largest absolute Gasteiger partial charge is 0.409 e. The molecule has 0 aromatic carbocycles. The lowest BCUT2D eigenvalue weighted by molar-refractivity contribution is -0.155. The maximum atomic E-state index is 12.5. The van der Waals surface area contributed by atoms with Crippen LogP contribution in [0.4, 0.5) is 13.2 Å². The third-order valence-corrected chi connectivity index (χ3v) is 2.74. The molecule has 0 aliphatic heterocycles. The van der Waals surface area contributed by atoms with Crippen LogP contribution in [-0.2, 0) is 0 Å². The zero-order valence-electron chi connectivity index (χ0n) is 9.11. The van der Waals surface area contributed by atoms with E-state index in [0.717, 1.165) is 12.8 Å². The second-order valence-electron chi connectivity index (χ2n) is 4.18. The van der Waals surface area contributed by atoms with Crippen molar-refractivity contribution in [1.29, 1.82) is 0 Å². The van der Waals surface area contributed by atoms with Crippen molar-refractivity contribution >= 4 is 5.84 Å². The van der Waals surface area contributed by atoms with Crippen LogP contribution in [0.3, 0.4) is 0 Å². The van der Waals surface area contributed by atoms with Crippen molar-refractivity contribution in [2.75, 3.05) is 13.1 Å². The van der Waals surface area contributed by atoms with Crippen LogP contribution in [0, 0.1) is 11.8 Å². The molecule has 2 unspecified atom stereocenters. The molecule has 2 atom stereocenters. The van der Waals surface area contributed by atoms with Crippen molar-refractivity contribution in [2.45, 2.75) is 25.1 Å². The summed E-state index contributed by atoms with van der Waals surface area (Å²) in [6.45, 7) is -0.431. The van der Waals surface area contributed by atoms with Crippen molar-refractivity contribution in [3.63, 3.8) is 0 Å². The summed E-state index contributed by atoms with van der Waals surface area (Å²) < 4.78 is 37.4. The number of hydrogen-bond acceptors (Lipinski definition) is 4. The number of alkyl halides is 3. The maximum absolute atomic E-state index is 12.5. The Hall–Kier alpha value is -1.02. The summed E-state index contributed by atoms with van der Waals surface area (Å²) in [4.78, 5) is 0. The Kier molecular flexibility index (Phi) is 4.58. The molecule has 1 aliphatic carbocycles. The SMILES string of the molecule is NC(=NO)C(CNCC(O)C1CC1)C(F)(F)F. The van der Waals surface area contributed by atoms with Crippen LogP contribution in [0.5, 0.6) is 0 Å². The van der Waals surface area contributed by atoms with Crippen LogP contribution in [-0.4, -0.2) is 41.5 Å². The third-order valence-electron chi connectivity index (χ3n) is 2.74. The van der Waals surface area contributed by atoms with E-state index in [2.05, 4.69) is 10.5 Å². The molecule has 5 nitrogen and oxygen atoms in total. The highest BCUT2D eigenvalue weighted by atomic mass is 19.4. The molecule has 0 saturated heterocycles. The van der Waals surface area contributed by atoms with E-state index in [-0.39, 0.29) is 12.5 Å². The Morgan fingerprint density at radius 2 is 2.00 bits per heavy atom. The molecule has 8 heteroatoms. The molecular weight excluding hydrogens is 239 g/mol. The first kappa shape index (κ1) is 14.0. The van der Waals surface area contributed by atoms with Gasteiger partial charge in [0.1, 0.15) is 5.92 Å². The summed E-state index contributed by atoms with van der Waals surface area (Å²) in [6.07, 6.45) is -3.39. The van der Waals surface area contributed by atoms with Gasteiger partial charge in [-0.15, -0.1) is 0 Å². The number of halogens is 3. The summed E-state index contributed by atoms with van der Waals surface area (Å²) in [5.74, 6) is -2.74. The number of oxime groups is 1. The van der Waals surface area contributed by atoms with Crippen molar-refractivity contribution in [3.05, 3.63) is 0 Å². The Bertz CT molecular complexity index is 279. The van der Waals surface area contributed by atoms with Gasteiger partial charge >= 0.3 is 6.18 Å². The second kappa shape index (κ2) is 5.54. The zero-order chi connectivity index (χ0) is 13.1. The van der Waals surface area contributed by atoms with E-state index in [1.165, 1.54) is 0 Å². The molecule has 1 rings (SSSR count). The number of hydrogen-bond donors (Lipinski definition) is 4. The van der Waals surface area contributed by atoms with Gasteiger partial charge < -0.3 is 21.4 Å². The van der Waals surface area contributed by atoms with E-state index >= 15 is 0 Å². The van der Waals surface area contributed by atoms with Crippen LogP contribution < -0.4 is 11.1 Å². The number of amidine groups is 1. The van der Waals surface area contributed by atoms with Crippen LogP contribution in [0.15, 0.2) is 5.16 Å². The number of aliphatic hydroxyl groups excluding tert-OH is 1. The molecule has 1 saturated carbocycles. The first-order valence-corrected chi connectivity index (χ1v) is 5.29. The van der Waals surface area contributed by atoms with Gasteiger partial charge in [-0.1, -0.05) is 5.16 Å². The van der Waals surface area contributed by atoms with Crippen LogP contribution in [0.1, 0.15) is 12.8 Å². The van der Waals surface area contributed by atoms with Gasteiger partial charge in [-0.3, -0.25) is 0 Å². The average Bonchev–Trinajstić information content (AvgIpc) is 3.04. The summed E-state index contributed by atoms with van der Waals surface area (Å²) in [7, 11) is 0. The lowest BCUT2D eigenvalue weighted by atomic mass is 10.1. The Balaban J connectivity index is 2.38. The fourth-order valence-electron chi connectivity index (χ4n) is 1.48. The summed E-state index contributed by atoms with van der Waals surface area (Å²) >= 11 is 0. The maximum Gasteiger partial charge on any atom is 0.400 e. The Labute approximate surface area is 96.5 Å². The third kappa shape index (κ3) is 4.39. The number of nitrogens with zero attached hydrogens (tertiary/aromatic N) is 1. The predicted molar refractivity (Wildman–Crippen MR) is 54.6 cm³/mol. The van der Waals surface area contributed by atoms with Gasteiger partial charge in [0, 0.05) is 13.1 Å². The molecule has 5 N–H and O–H groups in total. The fourth-order valence-corrected chi connectivity index (χ4v) is 1.48. The van der Waals surface area contributed by atoms with Gasteiger partial charge in [0.25, 0.3) is 0 Å². The second-order valence-corrected chi connectivity index (χ2v) is 4.18. The van der Waals surface area contributed by atoms with E-state index in [4.69, 9.17) is 10.9 Å². The van der Waals surface area contributed by atoms with Gasteiger partial charge in [0.2, 0.25) is 0 Å². The van der Waals surface area contributed by atoms with Gasteiger partial charge in [-0.25, -0.2) is 0 Å². The van der Waals surface area contributed by atoms with Crippen molar-refractivity contribution in [3.8, 4) is 0 Å². The summed E-state index contributed by atoms with van der Waals surface area (Å²) in [5, 5.41) is 22.6. The molecule has 0 spiro atoms. The van der Waals surface area contributed by atoms with Crippen molar-refractivity contribution < 1.29 is 23.5 Å². The standard InChI is InChI=1S/C9H16F3N3O2/c10-9(11,12)6(8(13)15-17)3-14-4-7(16)5-1-2-5/h5-7,14,16-17H,1-4H2,(H2,13,15). The molecule has 0 bridgehead atoms. The number of rotatable bonds is 6. The normalized spacial score (nSPS) is 21.3. The minimum absolute atomic E-state index is 0.0793. The topological polar surface area (TPSA) is 90.9 Å². The molecule has 1 fully saturated rings. The van der Waals surface area contributed by atoms with Gasteiger partial charge in [-0.05, 0) is 18.8 Å². The highest BCUT2D eigenvalue weighted by Gasteiger charge is 2.42. The monoisotopic (exact) mass is 255 g/mol. The minimum atomic E-state index is -4.58. The first-order valence-electron chi connectivity index (χ1n) is 5.29. The van der Waals surface area contributed by atoms with Gasteiger partial charge in [-0.2, -0.15) is 13.2 Å². The summed E-state index contributed by atoms with van der Waals surface area (Å²) in [5.41, 5.74) is 4.97. The first-order chi connectivity index (χ1) is 7.86. The molecule has 0 aromatic rings. The molecule has 17 heavy (non-hydrogen) atoms. The van der Waals surface area contributed by atoms with E-state index in [9.17, 15) is 18.3 Å².